The van der Waals surface area contributed by atoms with E-state index in [1.54, 1.807) is 6.20 Å². The minimum atomic E-state index is -0.0353. The van der Waals surface area contributed by atoms with Crippen LogP contribution < -0.4 is 16.0 Å². The molecule has 0 spiro atoms. The molecule has 3 rings (SSSR count). The molecule has 1 aromatic rings. The van der Waals surface area contributed by atoms with E-state index in [9.17, 15) is 9.59 Å². The normalized spacial score (nSPS) is 20.2. The molecule has 3 amide bonds. The molecule has 1 aliphatic heterocycles. The lowest BCUT2D eigenvalue weighted by atomic mass is 9.96. The van der Waals surface area contributed by atoms with Crippen LogP contribution in [0.4, 0.5) is 9.93 Å². The SMILES string of the molecule is O=C(CN1CCC(NC(=O)NC2CCCCC2)CC1)Nc1nccs1. The first-order chi connectivity index (χ1) is 12.2. The fourth-order valence-corrected chi connectivity index (χ4v) is 4.09. The summed E-state index contributed by atoms with van der Waals surface area (Å²) in [6.45, 7) is 2.01. The van der Waals surface area contributed by atoms with Crippen molar-refractivity contribution in [3.05, 3.63) is 11.6 Å². The maximum absolute atomic E-state index is 12.1. The van der Waals surface area contributed by atoms with Crippen LogP contribution in [0.25, 0.3) is 0 Å². The van der Waals surface area contributed by atoms with Gasteiger partial charge in [-0.1, -0.05) is 19.3 Å². The number of carbonyl (C=O) groups is 2. The maximum Gasteiger partial charge on any atom is 0.315 e. The Balaban J connectivity index is 1.32. The third-order valence-electron chi connectivity index (χ3n) is 4.91. The molecule has 7 nitrogen and oxygen atoms in total. The highest BCUT2D eigenvalue weighted by atomic mass is 32.1. The third kappa shape index (κ3) is 5.97. The van der Waals surface area contributed by atoms with Crippen LogP contribution in [0.1, 0.15) is 44.9 Å². The molecule has 2 heterocycles. The summed E-state index contributed by atoms with van der Waals surface area (Å²) in [7, 11) is 0. The van der Waals surface area contributed by atoms with Gasteiger partial charge in [0, 0.05) is 36.8 Å². The summed E-state index contributed by atoms with van der Waals surface area (Å²) in [6.07, 6.45) is 9.34. The summed E-state index contributed by atoms with van der Waals surface area (Å²) in [6, 6.07) is 0.497. The molecule has 0 bridgehead atoms. The quantitative estimate of drug-likeness (QED) is 0.746. The van der Waals surface area contributed by atoms with Crippen molar-refractivity contribution >= 4 is 28.4 Å². The molecule has 2 fully saturated rings. The van der Waals surface area contributed by atoms with Gasteiger partial charge in [0.25, 0.3) is 0 Å². The minimum absolute atomic E-state index is 0.0311. The molecular weight excluding hydrogens is 338 g/mol. The first-order valence-corrected chi connectivity index (χ1v) is 10.1. The van der Waals surface area contributed by atoms with Gasteiger partial charge in [0.15, 0.2) is 5.13 Å². The van der Waals surface area contributed by atoms with E-state index in [0.717, 1.165) is 38.8 Å². The smallest absolute Gasteiger partial charge is 0.315 e. The van der Waals surface area contributed by atoms with Gasteiger partial charge in [0.05, 0.1) is 6.54 Å². The molecule has 0 radical (unpaired) electrons. The van der Waals surface area contributed by atoms with Gasteiger partial charge in [-0.25, -0.2) is 9.78 Å². The van der Waals surface area contributed by atoms with Crippen LogP contribution in [0.5, 0.6) is 0 Å². The fourth-order valence-electron chi connectivity index (χ4n) is 3.54. The Morgan fingerprint density at radius 2 is 1.76 bits per heavy atom. The molecule has 1 aliphatic carbocycles. The number of hydrogen-bond acceptors (Lipinski definition) is 5. The van der Waals surface area contributed by atoms with Gasteiger partial charge in [-0.15, -0.1) is 11.3 Å². The highest BCUT2D eigenvalue weighted by Crippen LogP contribution is 2.17. The van der Waals surface area contributed by atoms with Crippen molar-refractivity contribution in [3.63, 3.8) is 0 Å². The lowest BCUT2D eigenvalue weighted by Crippen LogP contribution is -2.51. The lowest BCUT2D eigenvalue weighted by molar-refractivity contribution is -0.117. The predicted molar refractivity (Wildman–Crippen MR) is 98.7 cm³/mol. The van der Waals surface area contributed by atoms with Crippen LogP contribution in [0.2, 0.25) is 0 Å². The maximum atomic E-state index is 12.1. The number of hydrogen-bond donors (Lipinski definition) is 3. The molecule has 1 saturated carbocycles. The van der Waals surface area contributed by atoms with Crippen molar-refractivity contribution in [1.82, 2.24) is 20.5 Å². The molecule has 0 aromatic carbocycles. The van der Waals surface area contributed by atoms with Crippen LogP contribution in [-0.4, -0.2) is 53.5 Å². The summed E-state index contributed by atoms with van der Waals surface area (Å²) in [5.41, 5.74) is 0. The van der Waals surface area contributed by atoms with Gasteiger partial charge in [-0.2, -0.15) is 0 Å². The van der Waals surface area contributed by atoms with Crippen molar-refractivity contribution in [2.45, 2.75) is 57.0 Å². The summed E-state index contributed by atoms with van der Waals surface area (Å²) in [4.78, 5) is 30.3. The van der Waals surface area contributed by atoms with Gasteiger partial charge >= 0.3 is 6.03 Å². The van der Waals surface area contributed by atoms with Crippen molar-refractivity contribution in [2.24, 2.45) is 0 Å². The van der Waals surface area contributed by atoms with Crippen LogP contribution in [0.3, 0.4) is 0 Å². The average Bonchev–Trinajstić information content (AvgIpc) is 3.10. The minimum Gasteiger partial charge on any atom is -0.335 e. The number of carbonyl (C=O) groups excluding carboxylic acids is 2. The fraction of sp³-hybridized carbons (Fsp3) is 0.706. The van der Waals surface area contributed by atoms with E-state index in [1.165, 1.54) is 30.6 Å². The number of likely N-dealkylation sites (tertiary alicyclic amines) is 1. The summed E-state index contributed by atoms with van der Waals surface area (Å²) in [5.74, 6) is -0.0311. The van der Waals surface area contributed by atoms with Crippen molar-refractivity contribution < 1.29 is 9.59 Å². The Morgan fingerprint density at radius 3 is 2.40 bits per heavy atom. The molecule has 3 N–H and O–H groups in total. The van der Waals surface area contributed by atoms with Crippen molar-refractivity contribution in [3.8, 4) is 0 Å². The zero-order valence-corrected chi connectivity index (χ0v) is 15.3. The predicted octanol–water partition coefficient (Wildman–Crippen LogP) is 2.18. The van der Waals surface area contributed by atoms with E-state index in [4.69, 9.17) is 0 Å². The van der Waals surface area contributed by atoms with E-state index < -0.39 is 0 Å². The van der Waals surface area contributed by atoms with Crippen molar-refractivity contribution in [2.75, 3.05) is 25.0 Å². The Hall–Kier alpha value is -1.67. The van der Waals surface area contributed by atoms with Gasteiger partial charge in [-0.05, 0) is 25.7 Å². The number of rotatable bonds is 5. The van der Waals surface area contributed by atoms with Gasteiger partial charge in [0.2, 0.25) is 5.91 Å². The van der Waals surface area contributed by atoms with Gasteiger partial charge in [0.1, 0.15) is 0 Å². The number of aromatic nitrogens is 1. The molecule has 138 valence electrons. The second kappa shape index (κ2) is 9.15. The van der Waals surface area contributed by atoms with Crippen LogP contribution in [0, 0.1) is 0 Å². The van der Waals surface area contributed by atoms with E-state index in [0.29, 0.717) is 17.7 Å². The Kier molecular flexibility index (Phi) is 6.63. The zero-order valence-electron chi connectivity index (χ0n) is 14.5. The summed E-state index contributed by atoms with van der Waals surface area (Å²) in [5, 5.41) is 11.5. The van der Waals surface area contributed by atoms with E-state index in [-0.39, 0.29) is 18.0 Å². The zero-order chi connectivity index (χ0) is 17.5. The molecular formula is C17H27N5O2S. The molecule has 2 aliphatic rings. The van der Waals surface area contributed by atoms with E-state index in [1.807, 2.05) is 5.38 Å². The monoisotopic (exact) mass is 365 g/mol. The number of urea groups is 1. The molecule has 0 atom stereocenters. The molecule has 25 heavy (non-hydrogen) atoms. The average molecular weight is 366 g/mol. The van der Waals surface area contributed by atoms with Gasteiger partial charge in [-0.3, -0.25) is 9.69 Å². The standard InChI is InChI=1S/C17H27N5O2S/c23-15(21-17-18-8-11-25-17)12-22-9-6-14(7-10-22)20-16(24)19-13-4-2-1-3-5-13/h8,11,13-14H,1-7,9-10,12H2,(H,18,21,23)(H2,19,20,24). The molecule has 0 unspecified atom stereocenters. The molecule has 1 aromatic heterocycles. The molecule has 8 heteroatoms. The summed E-state index contributed by atoms with van der Waals surface area (Å²) < 4.78 is 0. The largest absolute Gasteiger partial charge is 0.335 e. The van der Waals surface area contributed by atoms with Crippen LogP contribution in [-0.2, 0) is 4.79 Å². The second-order valence-corrected chi connectivity index (χ2v) is 7.78. The number of amides is 3. The van der Waals surface area contributed by atoms with Gasteiger partial charge < -0.3 is 16.0 Å². The van der Waals surface area contributed by atoms with E-state index >= 15 is 0 Å². The molecule has 1 saturated heterocycles. The lowest BCUT2D eigenvalue weighted by Gasteiger charge is -2.32. The topological polar surface area (TPSA) is 86.4 Å². The highest BCUT2D eigenvalue weighted by Gasteiger charge is 2.23. The second-order valence-electron chi connectivity index (χ2n) is 6.89. The Bertz CT molecular complexity index is 551. The number of nitrogens with zero attached hydrogens (tertiary/aromatic N) is 2. The Labute approximate surface area is 152 Å². The van der Waals surface area contributed by atoms with E-state index in [2.05, 4.69) is 25.8 Å². The van der Waals surface area contributed by atoms with Crippen LogP contribution in [0.15, 0.2) is 11.6 Å². The number of piperidine rings is 1. The number of anilines is 1. The first kappa shape index (κ1) is 18.1. The Morgan fingerprint density at radius 1 is 1.08 bits per heavy atom. The van der Waals surface area contributed by atoms with Crippen molar-refractivity contribution in [1.29, 1.82) is 0 Å². The summed E-state index contributed by atoms with van der Waals surface area (Å²) >= 11 is 1.42. The number of nitrogens with one attached hydrogen (secondary N) is 3. The first-order valence-electron chi connectivity index (χ1n) is 9.18. The number of thiazole rings is 1. The highest BCUT2D eigenvalue weighted by molar-refractivity contribution is 7.13. The third-order valence-corrected chi connectivity index (χ3v) is 5.60. The van der Waals surface area contributed by atoms with Crippen LogP contribution >= 0.6 is 11.3 Å².